The molecule has 5 nitrogen and oxygen atoms in total. The Morgan fingerprint density at radius 2 is 2.06 bits per heavy atom. The number of nitrogens with two attached hydrogens (primary N) is 1. The van der Waals surface area contributed by atoms with Gasteiger partial charge in [0.2, 0.25) is 5.91 Å². The van der Waals surface area contributed by atoms with E-state index in [1.807, 2.05) is 4.90 Å². The summed E-state index contributed by atoms with van der Waals surface area (Å²) in [4.78, 5) is 24.6. The smallest absolute Gasteiger partial charge is 0.303 e. The maximum absolute atomic E-state index is 12.2. The van der Waals surface area contributed by atoms with Gasteiger partial charge in [-0.25, -0.2) is 0 Å². The molecule has 0 aromatic heterocycles. The zero-order valence-corrected chi connectivity index (χ0v) is 9.97. The summed E-state index contributed by atoms with van der Waals surface area (Å²) in [5, 5.41) is 8.73. The molecule has 2 fully saturated rings. The van der Waals surface area contributed by atoms with E-state index in [1.165, 1.54) is 0 Å². The number of carboxylic acids is 1. The lowest BCUT2D eigenvalue weighted by atomic mass is 10.0. The number of carbonyl (C=O) groups excluding carboxylic acids is 1. The van der Waals surface area contributed by atoms with Crippen LogP contribution in [0.25, 0.3) is 0 Å². The van der Waals surface area contributed by atoms with E-state index < -0.39 is 5.97 Å². The third-order valence-electron chi connectivity index (χ3n) is 3.95. The Balaban J connectivity index is 1.87. The molecule has 96 valence electrons. The van der Waals surface area contributed by atoms with Gasteiger partial charge in [-0.1, -0.05) is 6.42 Å². The first-order valence-corrected chi connectivity index (χ1v) is 6.34. The molecule has 3 unspecified atom stereocenters. The summed E-state index contributed by atoms with van der Waals surface area (Å²) in [5.74, 6) is -0.544. The molecule has 1 aliphatic heterocycles. The molecule has 1 saturated carbocycles. The van der Waals surface area contributed by atoms with Crippen molar-refractivity contribution in [2.45, 2.75) is 38.1 Å². The summed E-state index contributed by atoms with van der Waals surface area (Å²) < 4.78 is 0. The minimum Gasteiger partial charge on any atom is -0.481 e. The SMILES string of the molecule is NC1CCCC1C(=O)N1CCC(CC(=O)O)C1. The average Bonchev–Trinajstić information content (AvgIpc) is 2.85. The number of rotatable bonds is 3. The van der Waals surface area contributed by atoms with Crippen LogP contribution in [0.5, 0.6) is 0 Å². The monoisotopic (exact) mass is 240 g/mol. The molecular formula is C12H20N2O3. The van der Waals surface area contributed by atoms with Crippen molar-refractivity contribution >= 4 is 11.9 Å². The number of hydrogen-bond acceptors (Lipinski definition) is 3. The lowest BCUT2D eigenvalue weighted by Crippen LogP contribution is -2.40. The fourth-order valence-corrected chi connectivity index (χ4v) is 2.98. The number of hydrogen-bond donors (Lipinski definition) is 2. The van der Waals surface area contributed by atoms with Gasteiger partial charge in [-0.15, -0.1) is 0 Å². The molecule has 3 atom stereocenters. The van der Waals surface area contributed by atoms with E-state index in [-0.39, 0.29) is 30.2 Å². The van der Waals surface area contributed by atoms with Gasteiger partial charge in [0.1, 0.15) is 0 Å². The summed E-state index contributed by atoms with van der Waals surface area (Å²) >= 11 is 0. The highest BCUT2D eigenvalue weighted by atomic mass is 16.4. The summed E-state index contributed by atoms with van der Waals surface area (Å²) in [5.41, 5.74) is 5.92. The van der Waals surface area contributed by atoms with E-state index in [0.29, 0.717) is 13.1 Å². The molecule has 0 radical (unpaired) electrons. The molecule has 0 aromatic carbocycles. The maximum atomic E-state index is 12.2. The Morgan fingerprint density at radius 1 is 1.29 bits per heavy atom. The second kappa shape index (κ2) is 5.04. The second-order valence-corrected chi connectivity index (χ2v) is 5.24. The van der Waals surface area contributed by atoms with E-state index in [0.717, 1.165) is 25.7 Å². The van der Waals surface area contributed by atoms with Gasteiger partial charge in [0, 0.05) is 25.6 Å². The van der Waals surface area contributed by atoms with Crippen LogP contribution >= 0.6 is 0 Å². The minimum atomic E-state index is -0.776. The van der Waals surface area contributed by atoms with Crippen molar-refractivity contribution in [2.24, 2.45) is 17.6 Å². The van der Waals surface area contributed by atoms with E-state index in [9.17, 15) is 9.59 Å². The first kappa shape index (κ1) is 12.4. The molecule has 1 amide bonds. The fraction of sp³-hybridized carbons (Fsp3) is 0.833. The van der Waals surface area contributed by atoms with Crippen LogP contribution in [-0.4, -0.2) is 41.0 Å². The topological polar surface area (TPSA) is 83.6 Å². The van der Waals surface area contributed by atoms with Gasteiger partial charge in [-0.05, 0) is 25.2 Å². The zero-order chi connectivity index (χ0) is 12.4. The number of likely N-dealkylation sites (tertiary alicyclic amines) is 1. The van der Waals surface area contributed by atoms with Gasteiger partial charge < -0.3 is 15.7 Å². The summed E-state index contributed by atoms with van der Waals surface area (Å²) in [6, 6.07) is 0.000948. The minimum absolute atomic E-state index is 0.000948. The van der Waals surface area contributed by atoms with E-state index in [1.54, 1.807) is 0 Å². The van der Waals surface area contributed by atoms with Crippen LogP contribution in [0.2, 0.25) is 0 Å². The fourth-order valence-electron chi connectivity index (χ4n) is 2.98. The Bertz CT molecular complexity index is 319. The second-order valence-electron chi connectivity index (χ2n) is 5.24. The molecule has 1 aliphatic carbocycles. The van der Waals surface area contributed by atoms with Crippen molar-refractivity contribution in [2.75, 3.05) is 13.1 Å². The number of nitrogens with zero attached hydrogens (tertiary/aromatic N) is 1. The highest BCUT2D eigenvalue weighted by Gasteiger charge is 2.36. The van der Waals surface area contributed by atoms with Gasteiger partial charge in [0.25, 0.3) is 0 Å². The van der Waals surface area contributed by atoms with Crippen LogP contribution in [-0.2, 0) is 9.59 Å². The number of aliphatic carboxylic acids is 1. The van der Waals surface area contributed by atoms with Crippen LogP contribution in [0.3, 0.4) is 0 Å². The molecule has 0 bridgehead atoms. The lowest BCUT2D eigenvalue weighted by Gasteiger charge is -2.23. The number of amides is 1. The molecule has 2 aliphatic rings. The Hall–Kier alpha value is -1.10. The molecule has 1 heterocycles. The van der Waals surface area contributed by atoms with Crippen LogP contribution in [0.15, 0.2) is 0 Å². The van der Waals surface area contributed by atoms with Gasteiger partial charge in [-0.2, -0.15) is 0 Å². The van der Waals surface area contributed by atoms with Crippen molar-refractivity contribution in [3.63, 3.8) is 0 Å². The highest BCUT2D eigenvalue weighted by molar-refractivity contribution is 5.80. The number of carboxylic acid groups (broad SMARTS) is 1. The first-order valence-electron chi connectivity index (χ1n) is 6.34. The van der Waals surface area contributed by atoms with Gasteiger partial charge in [-0.3, -0.25) is 9.59 Å². The summed E-state index contributed by atoms with van der Waals surface area (Å²) in [6.07, 6.45) is 3.83. The molecule has 5 heteroatoms. The zero-order valence-electron chi connectivity index (χ0n) is 9.97. The normalized spacial score (nSPS) is 33.0. The third kappa shape index (κ3) is 2.77. The Morgan fingerprint density at radius 3 is 2.65 bits per heavy atom. The molecule has 17 heavy (non-hydrogen) atoms. The van der Waals surface area contributed by atoms with E-state index in [2.05, 4.69) is 0 Å². The molecule has 3 N–H and O–H groups in total. The molecule has 0 aromatic rings. The molecular weight excluding hydrogens is 220 g/mol. The third-order valence-corrected chi connectivity index (χ3v) is 3.95. The van der Waals surface area contributed by atoms with E-state index >= 15 is 0 Å². The van der Waals surface area contributed by atoms with Crippen molar-refractivity contribution < 1.29 is 14.7 Å². The predicted molar refractivity (Wildman–Crippen MR) is 62.3 cm³/mol. The van der Waals surface area contributed by atoms with E-state index in [4.69, 9.17) is 10.8 Å². The van der Waals surface area contributed by atoms with Crippen molar-refractivity contribution in [1.29, 1.82) is 0 Å². The number of carbonyl (C=O) groups is 2. The molecule has 2 rings (SSSR count). The predicted octanol–water partition coefficient (Wildman–Crippen LogP) is 0.437. The molecule has 1 saturated heterocycles. The quantitative estimate of drug-likeness (QED) is 0.749. The summed E-state index contributed by atoms with van der Waals surface area (Å²) in [7, 11) is 0. The average molecular weight is 240 g/mol. The van der Waals surface area contributed by atoms with Crippen LogP contribution in [0.1, 0.15) is 32.1 Å². The maximum Gasteiger partial charge on any atom is 0.303 e. The van der Waals surface area contributed by atoms with Gasteiger partial charge in [0.05, 0.1) is 5.92 Å². The molecule has 0 spiro atoms. The van der Waals surface area contributed by atoms with Crippen LogP contribution < -0.4 is 5.73 Å². The first-order chi connectivity index (χ1) is 8.08. The van der Waals surface area contributed by atoms with Crippen molar-refractivity contribution in [1.82, 2.24) is 4.90 Å². The lowest BCUT2D eigenvalue weighted by molar-refractivity contribution is -0.139. The summed E-state index contributed by atoms with van der Waals surface area (Å²) in [6.45, 7) is 1.29. The van der Waals surface area contributed by atoms with Crippen LogP contribution in [0.4, 0.5) is 0 Å². The Labute approximate surface area is 101 Å². The van der Waals surface area contributed by atoms with Crippen molar-refractivity contribution in [3.8, 4) is 0 Å². The standard InChI is InChI=1S/C12H20N2O3/c13-10-3-1-2-9(10)12(17)14-5-4-8(7-14)6-11(15)16/h8-10H,1-7,13H2,(H,15,16). The van der Waals surface area contributed by atoms with Gasteiger partial charge >= 0.3 is 5.97 Å². The van der Waals surface area contributed by atoms with Crippen LogP contribution in [0, 0.1) is 11.8 Å². The van der Waals surface area contributed by atoms with Gasteiger partial charge in [0.15, 0.2) is 0 Å². The Kier molecular flexibility index (Phi) is 3.66. The van der Waals surface area contributed by atoms with Crippen molar-refractivity contribution in [3.05, 3.63) is 0 Å². The highest BCUT2D eigenvalue weighted by Crippen LogP contribution is 2.28. The largest absolute Gasteiger partial charge is 0.481 e.